The summed E-state index contributed by atoms with van der Waals surface area (Å²) >= 11 is 0. The molecule has 3 aromatic rings. The van der Waals surface area contributed by atoms with Gasteiger partial charge in [-0.15, -0.1) is 0 Å². The van der Waals surface area contributed by atoms with Crippen molar-refractivity contribution in [1.29, 1.82) is 0 Å². The topological polar surface area (TPSA) is 62.6 Å². The van der Waals surface area contributed by atoms with E-state index in [1.54, 1.807) is 13.4 Å². The van der Waals surface area contributed by atoms with Gasteiger partial charge in [-0.2, -0.15) is 0 Å². The summed E-state index contributed by atoms with van der Waals surface area (Å²) < 4.78 is 18.0. The van der Waals surface area contributed by atoms with Gasteiger partial charge >= 0.3 is 5.97 Å². The third-order valence-electron chi connectivity index (χ3n) is 5.46. The van der Waals surface area contributed by atoms with Gasteiger partial charge < -0.3 is 18.8 Å². The lowest BCUT2D eigenvalue weighted by Gasteiger charge is -2.17. The number of hydrogen-bond acceptors (Lipinski definition) is 5. The fourth-order valence-corrected chi connectivity index (χ4v) is 4.03. The average Bonchev–Trinajstić information content (AvgIpc) is 3.40. The van der Waals surface area contributed by atoms with Crippen LogP contribution in [0.3, 0.4) is 0 Å². The van der Waals surface area contributed by atoms with Gasteiger partial charge in [-0.25, -0.2) is 9.78 Å². The Hall–Kier alpha value is -3.12. The van der Waals surface area contributed by atoms with E-state index < -0.39 is 5.97 Å². The van der Waals surface area contributed by atoms with E-state index >= 15 is 0 Å². The van der Waals surface area contributed by atoms with Crippen LogP contribution in [0.15, 0.2) is 54.9 Å². The lowest BCUT2D eigenvalue weighted by molar-refractivity contribution is 0.0595. The van der Waals surface area contributed by atoms with Gasteiger partial charge in [0.2, 0.25) is 0 Å². The number of hydrogen-bond donors (Lipinski definition) is 0. The minimum atomic E-state index is -0.439. The van der Waals surface area contributed by atoms with Crippen LogP contribution in [-0.2, 0) is 22.3 Å². The van der Waals surface area contributed by atoms with Crippen molar-refractivity contribution in [2.24, 2.45) is 0 Å². The number of carbonyl (C=O) groups excluding carboxylic acids is 1. The highest BCUT2D eigenvalue weighted by molar-refractivity contribution is 5.94. The molecule has 0 bridgehead atoms. The first-order valence-corrected chi connectivity index (χ1v) is 10.2. The van der Waals surface area contributed by atoms with E-state index in [2.05, 4.69) is 33.8 Å². The summed E-state index contributed by atoms with van der Waals surface area (Å²) in [5.41, 5.74) is 4.66. The quantitative estimate of drug-likeness (QED) is 0.416. The zero-order valence-corrected chi connectivity index (χ0v) is 17.3. The lowest BCUT2D eigenvalue weighted by atomic mass is 10.1. The van der Waals surface area contributed by atoms with Crippen molar-refractivity contribution in [1.82, 2.24) is 9.55 Å². The predicted molar refractivity (Wildman–Crippen MR) is 114 cm³/mol. The number of aromatic nitrogens is 2. The van der Waals surface area contributed by atoms with Crippen molar-refractivity contribution in [3.63, 3.8) is 0 Å². The summed E-state index contributed by atoms with van der Waals surface area (Å²) in [6.07, 6.45) is 4.39. The third kappa shape index (κ3) is 4.09. The number of carbonyl (C=O) groups is 1. The molecule has 0 saturated heterocycles. The standard InChI is InChI=1S/C24H26N2O4/c1-28-11-6-12-30-21-10-5-9-19(15-21)23-22(24(27)29-2)25-16-26(23)20-13-17-7-3-4-8-18(17)14-20/h3-5,7-10,15-16,20H,6,11-14H2,1-2H3. The molecule has 0 atom stereocenters. The molecule has 1 heterocycles. The van der Waals surface area contributed by atoms with Crippen molar-refractivity contribution in [2.45, 2.75) is 25.3 Å². The first-order valence-electron chi connectivity index (χ1n) is 10.2. The van der Waals surface area contributed by atoms with Crippen molar-refractivity contribution in [3.8, 4) is 17.0 Å². The second-order valence-corrected chi connectivity index (χ2v) is 7.39. The monoisotopic (exact) mass is 406 g/mol. The van der Waals surface area contributed by atoms with Crippen LogP contribution in [0.25, 0.3) is 11.3 Å². The molecule has 4 rings (SSSR count). The van der Waals surface area contributed by atoms with Crippen LogP contribution in [0.2, 0.25) is 0 Å². The first-order chi connectivity index (χ1) is 14.7. The molecule has 6 nitrogen and oxygen atoms in total. The van der Waals surface area contributed by atoms with Gasteiger partial charge in [-0.3, -0.25) is 0 Å². The van der Waals surface area contributed by atoms with Gasteiger partial charge in [0, 0.05) is 31.7 Å². The highest BCUT2D eigenvalue weighted by Gasteiger charge is 2.28. The molecule has 0 saturated carbocycles. The number of benzene rings is 2. The fraction of sp³-hybridized carbons (Fsp3) is 0.333. The molecule has 0 radical (unpaired) electrons. The zero-order valence-electron chi connectivity index (χ0n) is 17.3. The van der Waals surface area contributed by atoms with E-state index in [4.69, 9.17) is 14.2 Å². The Balaban J connectivity index is 1.67. The van der Waals surface area contributed by atoms with E-state index in [0.717, 1.165) is 36.3 Å². The average molecular weight is 406 g/mol. The van der Waals surface area contributed by atoms with Gasteiger partial charge in [0.25, 0.3) is 0 Å². The number of rotatable bonds is 8. The number of imidazole rings is 1. The van der Waals surface area contributed by atoms with Gasteiger partial charge in [-0.1, -0.05) is 36.4 Å². The Morgan fingerprint density at radius 2 is 1.83 bits per heavy atom. The number of esters is 1. The van der Waals surface area contributed by atoms with Gasteiger partial charge in [0.15, 0.2) is 5.69 Å². The number of ether oxygens (including phenoxy) is 3. The van der Waals surface area contributed by atoms with Gasteiger partial charge in [0.05, 0.1) is 25.7 Å². The second-order valence-electron chi connectivity index (χ2n) is 7.39. The van der Waals surface area contributed by atoms with Crippen LogP contribution in [0.5, 0.6) is 5.75 Å². The van der Waals surface area contributed by atoms with Gasteiger partial charge in [-0.05, 0) is 36.1 Å². The SMILES string of the molecule is COCCCOc1cccc(-c2c(C(=O)OC)ncn2C2Cc3ccccc3C2)c1. The number of methoxy groups -OCH3 is 2. The summed E-state index contributed by atoms with van der Waals surface area (Å²) in [5, 5.41) is 0. The summed E-state index contributed by atoms with van der Waals surface area (Å²) in [6.45, 7) is 1.22. The molecule has 2 aromatic carbocycles. The largest absolute Gasteiger partial charge is 0.493 e. The summed E-state index contributed by atoms with van der Waals surface area (Å²) in [7, 11) is 3.06. The Kier molecular flexibility index (Phi) is 6.14. The molecule has 0 N–H and O–H groups in total. The Labute approximate surface area is 176 Å². The molecule has 30 heavy (non-hydrogen) atoms. The fourth-order valence-electron chi connectivity index (χ4n) is 4.03. The molecule has 0 fully saturated rings. The van der Waals surface area contributed by atoms with E-state index in [1.807, 2.05) is 24.3 Å². The van der Waals surface area contributed by atoms with Crippen LogP contribution in [0.1, 0.15) is 34.1 Å². The highest BCUT2D eigenvalue weighted by atomic mass is 16.5. The number of nitrogens with zero attached hydrogens (tertiary/aromatic N) is 2. The molecule has 156 valence electrons. The molecule has 0 amide bonds. The lowest BCUT2D eigenvalue weighted by Crippen LogP contribution is -2.12. The molecule has 1 aliphatic rings. The molecular weight excluding hydrogens is 380 g/mol. The highest BCUT2D eigenvalue weighted by Crippen LogP contribution is 2.36. The minimum Gasteiger partial charge on any atom is -0.493 e. The third-order valence-corrected chi connectivity index (χ3v) is 5.46. The van der Waals surface area contributed by atoms with Crippen molar-refractivity contribution >= 4 is 5.97 Å². The smallest absolute Gasteiger partial charge is 0.358 e. The molecule has 0 unspecified atom stereocenters. The molecule has 0 spiro atoms. The van der Waals surface area contributed by atoms with Crippen molar-refractivity contribution in [2.75, 3.05) is 27.4 Å². The van der Waals surface area contributed by atoms with Crippen molar-refractivity contribution in [3.05, 3.63) is 71.7 Å². The van der Waals surface area contributed by atoms with Crippen LogP contribution in [0, 0.1) is 0 Å². The minimum absolute atomic E-state index is 0.203. The van der Waals surface area contributed by atoms with Crippen molar-refractivity contribution < 1.29 is 19.0 Å². The normalized spacial score (nSPS) is 13.3. The molecule has 1 aliphatic carbocycles. The summed E-state index contributed by atoms with van der Waals surface area (Å²) in [6, 6.07) is 16.5. The van der Waals surface area contributed by atoms with Crippen LogP contribution in [0.4, 0.5) is 0 Å². The Morgan fingerprint density at radius 1 is 1.07 bits per heavy atom. The summed E-state index contributed by atoms with van der Waals surface area (Å²) in [4.78, 5) is 16.9. The second kappa shape index (κ2) is 9.13. The predicted octanol–water partition coefficient (Wildman–Crippen LogP) is 4.09. The maximum Gasteiger partial charge on any atom is 0.358 e. The maximum absolute atomic E-state index is 12.4. The van der Waals surface area contributed by atoms with E-state index in [0.29, 0.717) is 18.9 Å². The Bertz CT molecular complexity index is 1000. The molecule has 1 aromatic heterocycles. The molecule has 6 heteroatoms. The van der Waals surface area contributed by atoms with E-state index in [1.165, 1.54) is 18.2 Å². The molecule has 0 aliphatic heterocycles. The number of fused-ring (bicyclic) bond motifs is 1. The van der Waals surface area contributed by atoms with Crippen LogP contribution in [-0.4, -0.2) is 43.0 Å². The Morgan fingerprint density at radius 3 is 2.53 bits per heavy atom. The maximum atomic E-state index is 12.4. The zero-order chi connectivity index (χ0) is 20.9. The van der Waals surface area contributed by atoms with E-state index in [9.17, 15) is 4.79 Å². The first kappa shape index (κ1) is 20.2. The van der Waals surface area contributed by atoms with Gasteiger partial charge in [0.1, 0.15) is 5.75 Å². The molecular formula is C24H26N2O4. The van der Waals surface area contributed by atoms with E-state index in [-0.39, 0.29) is 6.04 Å². The van der Waals surface area contributed by atoms with Crippen LogP contribution < -0.4 is 4.74 Å². The summed E-state index contributed by atoms with van der Waals surface area (Å²) in [5.74, 6) is 0.313. The van der Waals surface area contributed by atoms with Crippen LogP contribution >= 0.6 is 0 Å².